The molecule has 0 heterocycles. The molecule has 44 heavy (non-hydrogen) atoms. The van der Waals surface area contributed by atoms with E-state index in [4.69, 9.17) is 28.4 Å². The van der Waals surface area contributed by atoms with Gasteiger partial charge in [0.1, 0.15) is 23.7 Å². The molecule has 0 aromatic heterocycles. The zero-order valence-electron chi connectivity index (χ0n) is 27.8. The lowest BCUT2D eigenvalue weighted by atomic mass is 9.79. The number of benzene rings is 2. The molecule has 1 aliphatic carbocycles. The molecule has 2 aromatic carbocycles. The molecule has 1 fully saturated rings. The van der Waals surface area contributed by atoms with E-state index in [0.717, 1.165) is 68.2 Å². The van der Waals surface area contributed by atoms with Crippen molar-refractivity contribution in [2.45, 2.75) is 110 Å². The summed E-state index contributed by atoms with van der Waals surface area (Å²) >= 11 is 0. The first-order valence-electron chi connectivity index (χ1n) is 16.9. The van der Waals surface area contributed by atoms with Crippen LogP contribution in [0.1, 0.15) is 90.2 Å². The van der Waals surface area contributed by atoms with Gasteiger partial charge in [-0.05, 0) is 55.0 Å². The lowest BCUT2D eigenvalue weighted by Gasteiger charge is -2.45. The molecule has 5 atom stereocenters. The number of ether oxygens (including phenoxy) is 6. The number of hydrogen-bond donors (Lipinski definition) is 0. The number of carbonyl (C=O) groups excluding carboxylic acids is 1. The van der Waals surface area contributed by atoms with Gasteiger partial charge in [-0.3, -0.25) is 4.79 Å². The van der Waals surface area contributed by atoms with Gasteiger partial charge in [0, 0.05) is 32.8 Å². The van der Waals surface area contributed by atoms with Crippen LogP contribution in [0, 0.1) is 5.92 Å². The SMILES string of the molecule is CCCCOC[C@H]1C(=O)[C@@H](Oc2ccccc2Cc2ccc(OC)cc2)[C@H](OCCCC)[C@@H](OCCCC)[C@@H]1OCCCC. The number of hydrogen-bond acceptors (Lipinski definition) is 7. The fraction of sp³-hybridized carbons (Fsp3) is 0.649. The highest BCUT2D eigenvalue weighted by molar-refractivity contribution is 5.88. The smallest absolute Gasteiger partial charge is 0.186 e. The number of Topliss-reactive ketones (excluding diaryl/α,β-unsaturated/α-hetero) is 1. The molecule has 7 heteroatoms. The third-order valence-corrected chi connectivity index (χ3v) is 8.13. The third kappa shape index (κ3) is 10.9. The molecular formula is C37H56O7. The van der Waals surface area contributed by atoms with Gasteiger partial charge in [-0.15, -0.1) is 0 Å². The van der Waals surface area contributed by atoms with Crippen LogP contribution < -0.4 is 9.47 Å². The van der Waals surface area contributed by atoms with Crippen LogP contribution in [0.3, 0.4) is 0 Å². The second-order valence-electron chi connectivity index (χ2n) is 11.7. The molecule has 7 nitrogen and oxygen atoms in total. The average Bonchev–Trinajstić information content (AvgIpc) is 3.04. The van der Waals surface area contributed by atoms with Crippen LogP contribution in [-0.2, 0) is 30.2 Å². The summed E-state index contributed by atoms with van der Waals surface area (Å²) in [4.78, 5) is 14.5. The van der Waals surface area contributed by atoms with Crippen LogP contribution in [0.2, 0.25) is 0 Å². The average molecular weight is 613 g/mol. The highest BCUT2D eigenvalue weighted by Crippen LogP contribution is 2.34. The van der Waals surface area contributed by atoms with Crippen LogP contribution in [0.15, 0.2) is 48.5 Å². The summed E-state index contributed by atoms with van der Waals surface area (Å²) in [7, 11) is 1.67. The number of methoxy groups -OCH3 is 1. The number of unbranched alkanes of at least 4 members (excludes halogenated alkanes) is 4. The van der Waals surface area contributed by atoms with Gasteiger partial charge in [-0.25, -0.2) is 0 Å². The second kappa shape index (κ2) is 20.6. The monoisotopic (exact) mass is 612 g/mol. The quantitative estimate of drug-likeness (QED) is 0.127. The van der Waals surface area contributed by atoms with Gasteiger partial charge in [0.15, 0.2) is 11.9 Å². The van der Waals surface area contributed by atoms with Gasteiger partial charge in [0.2, 0.25) is 0 Å². The Hall–Kier alpha value is -2.45. The lowest BCUT2D eigenvalue weighted by Crippen LogP contribution is -2.64. The summed E-state index contributed by atoms with van der Waals surface area (Å²) in [6, 6.07) is 16.0. The molecule has 0 amide bonds. The van der Waals surface area contributed by atoms with E-state index in [2.05, 4.69) is 45.9 Å². The Morgan fingerprint density at radius 3 is 1.84 bits per heavy atom. The Morgan fingerprint density at radius 1 is 0.659 bits per heavy atom. The molecule has 0 bridgehead atoms. The van der Waals surface area contributed by atoms with Gasteiger partial charge >= 0.3 is 0 Å². The maximum Gasteiger partial charge on any atom is 0.186 e. The minimum atomic E-state index is -0.846. The van der Waals surface area contributed by atoms with E-state index in [0.29, 0.717) is 38.6 Å². The summed E-state index contributed by atoms with van der Waals surface area (Å²) < 4.78 is 37.8. The normalized spacial score (nSPS) is 21.8. The Balaban J connectivity index is 1.97. The minimum Gasteiger partial charge on any atom is -0.497 e. The number of ketones is 1. The van der Waals surface area contributed by atoms with Crippen LogP contribution in [0.5, 0.6) is 11.5 Å². The zero-order chi connectivity index (χ0) is 31.6. The molecular weight excluding hydrogens is 556 g/mol. The first kappa shape index (κ1) is 36.0. The van der Waals surface area contributed by atoms with Crippen molar-refractivity contribution in [1.82, 2.24) is 0 Å². The zero-order valence-corrected chi connectivity index (χ0v) is 27.8. The van der Waals surface area contributed by atoms with Crippen molar-refractivity contribution in [2.75, 3.05) is 40.1 Å². The van der Waals surface area contributed by atoms with Gasteiger partial charge in [-0.1, -0.05) is 83.7 Å². The van der Waals surface area contributed by atoms with E-state index in [1.807, 2.05) is 30.3 Å². The van der Waals surface area contributed by atoms with E-state index >= 15 is 0 Å². The van der Waals surface area contributed by atoms with Crippen molar-refractivity contribution in [2.24, 2.45) is 5.92 Å². The van der Waals surface area contributed by atoms with Crippen LogP contribution >= 0.6 is 0 Å². The second-order valence-corrected chi connectivity index (χ2v) is 11.7. The Labute approximate surface area is 265 Å². The Kier molecular flexibility index (Phi) is 16.8. The molecule has 0 unspecified atom stereocenters. The molecule has 3 rings (SSSR count). The molecule has 0 aliphatic heterocycles. The van der Waals surface area contributed by atoms with Gasteiger partial charge in [0.05, 0.1) is 25.7 Å². The molecule has 0 radical (unpaired) electrons. The molecule has 0 saturated heterocycles. The number of rotatable bonds is 22. The highest BCUT2D eigenvalue weighted by Gasteiger charge is 2.53. The van der Waals surface area contributed by atoms with Crippen molar-refractivity contribution in [1.29, 1.82) is 0 Å². The molecule has 1 saturated carbocycles. The van der Waals surface area contributed by atoms with E-state index in [1.165, 1.54) is 0 Å². The summed E-state index contributed by atoms with van der Waals surface area (Å²) in [6.45, 7) is 11.1. The van der Waals surface area contributed by atoms with Crippen LogP contribution in [0.4, 0.5) is 0 Å². The maximum atomic E-state index is 14.5. The van der Waals surface area contributed by atoms with E-state index in [1.54, 1.807) is 7.11 Å². The first-order chi connectivity index (χ1) is 21.6. The third-order valence-electron chi connectivity index (χ3n) is 8.13. The Bertz CT molecular complexity index is 1060. The van der Waals surface area contributed by atoms with E-state index in [-0.39, 0.29) is 12.4 Å². The van der Waals surface area contributed by atoms with E-state index in [9.17, 15) is 4.79 Å². The fourth-order valence-corrected chi connectivity index (χ4v) is 5.42. The summed E-state index contributed by atoms with van der Waals surface area (Å²) in [6.07, 6.45) is 5.99. The molecule has 246 valence electrons. The topological polar surface area (TPSA) is 72.5 Å². The van der Waals surface area contributed by atoms with Crippen molar-refractivity contribution in [3.8, 4) is 11.5 Å². The van der Waals surface area contributed by atoms with Gasteiger partial charge in [-0.2, -0.15) is 0 Å². The molecule has 0 N–H and O–H groups in total. The minimum absolute atomic E-state index is 0.0425. The highest BCUT2D eigenvalue weighted by atomic mass is 16.6. The number of para-hydroxylation sites is 1. The largest absolute Gasteiger partial charge is 0.497 e. The van der Waals surface area contributed by atoms with Crippen molar-refractivity contribution < 1.29 is 33.2 Å². The van der Waals surface area contributed by atoms with Crippen molar-refractivity contribution >= 4 is 5.78 Å². The first-order valence-corrected chi connectivity index (χ1v) is 16.9. The van der Waals surface area contributed by atoms with Crippen LogP contribution in [-0.4, -0.2) is 70.3 Å². The van der Waals surface area contributed by atoms with E-state index < -0.39 is 30.3 Å². The van der Waals surface area contributed by atoms with Crippen molar-refractivity contribution in [3.05, 3.63) is 59.7 Å². The van der Waals surface area contributed by atoms with Crippen molar-refractivity contribution in [3.63, 3.8) is 0 Å². The maximum absolute atomic E-state index is 14.5. The van der Waals surface area contributed by atoms with Crippen LogP contribution in [0.25, 0.3) is 0 Å². The summed E-state index contributed by atoms with van der Waals surface area (Å²) in [5.41, 5.74) is 2.12. The standard InChI is InChI=1S/C37H56O7/c1-6-10-22-40-27-31-33(38)35(44-32-17-15-14-16-29(32)26-28-18-20-30(39-5)21-19-28)37(43-25-13-9-4)36(42-24-12-8-3)34(31)41-23-11-7-2/h14-21,31,34-37H,6-13,22-27H2,1-5H3/t31-,34+,35+,36-,37-/m0/s1. The summed E-state index contributed by atoms with van der Waals surface area (Å²) in [5, 5.41) is 0. The predicted molar refractivity (Wildman–Crippen MR) is 175 cm³/mol. The Morgan fingerprint density at radius 2 is 1.23 bits per heavy atom. The fourth-order valence-electron chi connectivity index (χ4n) is 5.42. The summed E-state index contributed by atoms with van der Waals surface area (Å²) in [5.74, 6) is 0.934. The molecule has 0 spiro atoms. The molecule has 1 aliphatic rings. The predicted octanol–water partition coefficient (Wildman–Crippen LogP) is 7.60. The van der Waals surface area contributed by atoms with Gasteiger partial charge < -0.3 is 28.4 Å². The number of carbonyl (C=O) groups is 1. The molecule has 2 aromatic rings. The lowest BCUT2D eigenvalue weighted by molar-refractivity contribution is -0.208. The van der Waals surface area contributed by atoms with Gasteiger partial charge in [0.25, 0.3) is 0 Å².